The van der Waals surface area contributed by atoms with Gasteiger partial charge in [-0.05, 0) is 12.0 Å². The number of nitrogens with one attached hydrogen (secondary N) is 1. The summed E-state index contributed by atoms with van der Waals surface area (Å²) in [6, 6.07) is 10.8. The highest BCUT2D eigenvalue weighted by Gasteiger charge is 2.14. The van der Waals surface area contributed by atoms with Crippen molar-refractivity contribution in [1.29, 1.82) is 0 Å². The summed E-state index contributed by atoms with van der Waals surface area (Å²) in [5.41, 5.74) is 2.82. The minimum absolute atomic E-state index is 0.975. The van der Waals surface area contributed by atoms with Gasteiger partial charge in [0.1, 0.15) is 18.4 Å². The molecule has 0 amide bonds. The van der Waals surface area contributed by atoms with E-state index < -0.39 is 0 Å². The first-order chi connectivity index (χ1) is 12.3. The quantitative estimate of drug-likeness (QED) is 0.334. The monoisotopic (exact) mass is 341 g/mol. The van der Waals surface area contributed by atoms with Gasteiger partial charge in [-0.2, -0.15) is 0 Å². The third-order valence-corrected chi connectivity index (χ3v) is 5.17. The minimum atomic E-state index is 0.975. The Balaban J connectivity index is 1.63. The Bertz CT molecular complexity index is 571. The third-order valence-electron chi connectivity index (χ3n) is 5.17. The number of imidazole rings is 1. The average molecular weight is 342 g/mol. The molecular formula is C23H37N2+. The lowest BCUT2D eigenvalue weighted by Gasteiger charge is -2.05. The van der Waals surface area contributed by atoms with Crippen molar-refractivity contribution in [3.8, 4) is 0 Å². The zero-order valence-corrected chi connectivity index (χ0v) is 16.4. The second-order valence-corrected chi connectivity index (χ2v) is 7.37. The number of aromatic nitrogens is 2. The average Bonchev–Trinajstić information content (AvgIpc) is 2.97. The van der Waals surface area contributed by atoms with Crippen LogP contribution >= 0.6 is 0 Å². The lowest BCUT2D eigenvalue weighted by atomic mass is 10.1. The second kappa shape index (κ2) is 11.9. The Morgan fingerprint density at radius 3 is 2.04 bits per heavy atom. The van der Waals surface area contributed by atoms with Gasteiger partial charge in [-0.15, -0.1) is 0 Å². The van der Waals surface area contributed by atoms with Crippen LogP contribution in [0, 0.1) is 6.92 Å². The lowest BCUT2D eigenvalue weighted by Crippen LogP contribution is -2.39. The molecule has 2 heteroatoms. The highest BCUT2D eigenvalue weighted by atomic mass is 15.1. The Hall–Kier alpha value is -1.57. The Morgan fingerprint density at radius 1 is 0.800 bits per heavy atom. The predicted molar refractivity (Wildman–Crippen MR) is 107 cm³/mol. The first-order valence-corrected chi connectivity index (χ1v) is 10.4. The van der Waals surface area contributed by atoms with Crippen LogP contribution in [-0.4, -0.2) is 4.98 Å². The molecule has 138 valence electrons. The molecule has 1 aromatic carbocycles. The molecule has 0 aliphatic carbocycles. The maximum absolute atomic E-state index is 3.41. The SMILES string of the molecule is CCCCCCCCCCCCc1c[nH]c(C)[n+]1Cc1ccccc1. The molecule has 0 saturated carbocycles. The van der Waals surface area contributed by atoms with Crippen LogP contribution < -0.4 is 4.57 Å². The molecule has 1 aromatic heterocycles. The van der Waals surface area contributed by atoms with E-state index in [1.807, 2.05) is 0 Å². The van der Waals surface area contributed by atoms with E-state index in [1.165, 1.54) is 87.7 Å². The molecule has 2 rings (SSSR count). The largest absolute Gasteiger partial charge is 0.251 e. The van der Waals surface area contributed by atoms with Crippen LogP contribution in [-0.2, 0) is 13.0 Å². The third kappa shape index (κ3) is 7.46. The van der Waals surface area contributed by atoms with E-state index in [9.17, 15) is 0 Å². The molecule has 0 unspecified atom stereocenters. The molecule has 0 spiro atoms. The van der Waals surface area contributed by atoms with E-state index in [0.717, 1.165) is 6.54 Å². The van der Waals surface area contributed by atoms with Gasteiger partial charge in [-0.1, -0.05) is 95.0 Å². The lowest BCUT2D eigenvalue weighted by molar-refractivity contribution is -0.700. The van der Waals surface area contributed by atoms with Crippen LogP contribution in [0.2, 0.25) is 0 Å². The van der Waals surface area contributed by atoms with Gasteiger partial charge < -0.3 is 0 Å². The number of benzene rings is 1. The van der Waals surface area contributed by atoms with Crippen LogP contribution in [0.3, 0.4) is 0 Å². The molecule has 2 nitrogen and oxygen atoms in total. The van der Waals surface area contributed by atoms with E-state index >= 15 is 0 Å². The Kier molecular flexibility index (Phi) is 9.40. The number of hydrogen-bond donors (Lipinski definition) is 1. The van der Waals surface area contributed by atoms with Gasteiger partial charge in [-0.3, -0.25) is 0 Å². The van der Waals surface area contributed by atoms with Crippen molar-refractivity contribution in [1.82, 2.24) is 4.98 Å². The molecular weight excluding hydrogens is 304 g/mol. The normalized spacial score (nSPS) is 11.1. The standard InChI is InChI=1S/C23H36N2/c1-3-4-5-6-7-8-9-10-11-15-18-23-19-24-21(2)25(23)20-22-16-13-12-14-17-22/h12-14,16-17,19H,3-11,15,18,20H2,1-2H3/p+1. The molecule has 0 saturated heterocycles. The topological polar surface area (TPSA) is 19.7 Å². The summed E-state index contributed by atoms with van der Waals surface area (Å²) in [5.74, 6) is 1.26. The first-order valence-electron chi connectivity index (χ1n) is 10.4. The van der Waals surface area contributed by atoms with E-state index in [-0.39, 0.29) is 0 Å². The van der Waals surface area contributed by atoms with Gasteiger partial charge in [0.2, 0.25) is 0 Å². The van der Waals surface area contributed by atoms with Gasteiger partial charge >= 0.3 is 0 Å². The smallest absolute Gasteiger partial charge is 0.248 e. The fraction of sp³-hybridized carbons (Fsp3) is 0.609. The van der Waals surface area contributed by atoms with Crippen LogP contribution in [0.5, 0.6) is 0 Å². The van der Waals surface area contributed by atoms with Gasteiger partial charge in [0, 0.05) is 13.3 Å². The Labute approximate surface area is 154 Å². The number of H-pyrrole nitrogens is 1. The molecule has 1 N–H and O–H groups in total. The molecule has 25 heavy (non-hydrogen) atoms. The molecule has 0 aliphatic heterocycles. The zero-order valence-electron chi connectivity index (χ0n) is 16.4. The van der Waals surface area contributed by atoms with Crippen molar-refractivity contribution in [3.63, 3.8) is 0 Å². The van der Waals surface area contributed by atoms with Crippen LogP contribution in [0.1, 0.15) is 88.2 Å². The van der Waals surface area contributed by atoms with Crippen molar-refractivity contribution in [2.24, 2.45) is 0 Å². The highest BCUT2D eigenvalue weighted by molar-refractivity contribution is 5.13. The summed E-state index contributed by atoms with van der Waals surface area (Å²) in [6.45, 7) is 5.43. The highest BCUT2D eigenvalue weighted by Crippen LogP contribution is 2.12. The van der Waals surface area contributed by atoms with Gasteiger partial charge in [0.05, 0.1) is 0 Å². The number of hydrogen-bond acceptors (Lipinski definition) is 0. The molecule has 0 atom stereocenters. The van der Waals surface area contributed by atoms with Crippen molar-refractivity contribution in [3.05, 3.63) is 53.6 Å². The summed E-state index contributed by atoms with van der Waals surface area (Å²) in [4.78, 5) is 3.41. The number of unbranched alkanes of at least 4 members (excludes halogenated alkanes) is 9. The summed E-state index contributed by atoms with van der Waals surface area (Å²) in [5, 5.41) is 0. The first kappa shape index (κ1) is 19.8. The molecule has 0 aliphatic rings. The maximum atomic E-state index is 3.41. The van der Waals surface area contributed by atoms with Crippen molar-refractivity contribution >= 4 is 0 Å². The zero-order chi connectivity index (χ0) is 17.7. The molecule has 1 heterocycles. The van der Waals surface area contributed by atoms with E-state index in [1.54, 1.807) is 0 Å². The maximum Gasteiger partial charge on any atom is 0.251 e. The number of aryl methyl sites for hydroxylation is 2. The molecule has 0 radical (unpaired) electrons. The van der Waals surface area contributed by atoms with Crippen molar-refractivity contribution in [2.75, 3.05) is 0 Å². The number of nitrogens with zero attached hydrogens (tertiary/aromatic N) is 1. The van der Waals surface area contributed by atoms with E-state index in [4.69, 9.17) is 0 Å². The fourth-order valence-electron chi connectivity index (χ4n) is 3.55. The molecule has 0 fully saturated rings. The van der Waals surface area contributed by atoms with Crippen LogP contribution in [0.15, 0.2) is 36.5 Å². The van der Waals surface area contributed by atoms with E-state index in [2.05, 4.69) is 59.9 Å². The predicted octanol–water partition coefficient (Wildman–Crippen LogP) is 6.12. The van der Waals surface area contributed by atoms with Gasteiger partial charge in [0.15, 0.2) is 0 Å². The van der Waals surface area contributed by atoms with Gasteiger partial charge in [-0.25, -0.2) is 9.55 Å². The summed E-state index contributed by atoms with van der Waals surface area (Å²) < 4.78 is 2.43. The fourth-order valence-corrected chi connectivity index (χ4v) is 3.55. The van der Waals surface area contributed by atoms with Crippen molar-refractivity contribution < 1.29 is 4.57 Å². The molecule has 2 aromatic rings. The summed E-state index contributed by atoms with van der Waals surface area (Å²) >= 11 is 0. The van der Waals surface area contributed by atoms with Crippen LogP contribution in [0.25, 0.3) is 0 Å². The summed E-state index contributed by atoms with van der Waals surface area (Å²) in [6.07, 6.45) is 17.4. The molecule has 0 bridgehead atoms. The van der Waals surface area contributed by atoms with Gasteiger partial charge in [0.25, 0.3) is 5.82 Å². The van der Waals surface area contributed by atoms with E-state index in [0.29, 0.717) is 0 Å². The Morgan fingerprint density at radius 2 is 1.40 bits per heavy atom. The minimum Gasteiger partial charge on any atom is -0.248 e. The summed E-state index contributed by atoms with van der Waals surface area (Å²) in [7, 11) is 0. The number of aromatic amines is 1. The van der Waals surface area contributed by atoms with Crippen molar-refractivity contribution in [2.45, 2.75) is 91.0 Å². The second-order valence-electron chi connectivity index (χ2n) is 7.37. The number of rotatable bonds is 13. The van der Waals surface area contributed by atoms with Crippen LogP contribution in [0.4, 0.5) is 0 Å².